The lowest BCUT2D eigenvalue weighted by atomic mass is 10.1. The van der Waals surface area contributed by atoms with Crippen molar-refractivity contribution in [2.75, 3.05) is 68.0 Å². The molecule has 0 saturated carbocycles. The van der Waals surface area contributed by atoms with Crippen molar-refractivity contribution in [1.82, 2.24) is 19.8 Å². The van der Waals surface area contributed by atoms with Crippen LogP contribution in [0, 0.1) is 0 Å². The number of carbonyl (C=O) groups excluding carboxylic acids is 1. The van der Waals surface area contributed by atoms with Crippen LogP contribution >= 0.6 is 0 Å². The molecule has 2 N–H and O–H groups in total. The molecule has 0 spiro atoms. The number of halogens is 3. The number of aromatic nitrogens is 2. The Balaban J connectivity index is 1.26. The second-order valence-electron chi connectivity index (χ2n) is 10.3. The Morgan fingerprint density at radius 3 is 2.82 bits per heavy atom. The van der Waals surface area contributed by atoms with Gasteiger partial charge in [-0.15, -0.1) is 0 Å². The van der Waals surface area contributed by atoms with E-state index in [9.17, 15) is 18.0 Å². The summed E-state index contributed by atoms with van der Waals surface area (Å²) >= 11 is 0. The first-order valence-corrected chi connectivity index (χ1v) is 13.8. The Morgan fingerprint density at radius 2 is 2.03 bits per heavy atom. The van der Waals surface area contributed by atoms with Crippen LogP contribution in [0.4, 0.5) is 41.1 Å². The number of hydrogen-bond acceptors (Lipinski definition) is 8. The Labute approximate surface area is 226 Å². The first-order chi connectivity index (χ1) is 18.8. The highest BCUT2D eigenvalue weighted by Gasteiger charge is 2.35. The number of aryl methyl sites for hydroxylation is 1. The zero-order chi connectivity index (χ0) is 27.4. The van der Waals surface area contributed by atoms with Gasteiger partial charge in [-0.2, -0.15) is 18.2 Å². The van der Waals surface area contributed by atoms with E-state index in [4.69, 9.17) is 4.74 Å². The van der Waals surface area contributed by atoms with Crippen molar-refractivity contribution in [2.45, 2.75) is 51.2 Å². The fraction of sp³-hybridized carbons (Fsp3) is 0.593. The van der Waals surface area contributed by atoms with Gasteiger partial charge in [-0.3, -0.25) is 4.90 Å². The number of carbonyl (C=O) groups is 1. The Kier molecular flexibility index (Phi) is 8.29. The van der Waals surface area contributed by atoms with Gasteiger partial charge >= 0.3 is 12.3 Å². The van der Waals surface area contributed by atoms with Crippen LogP contribution in [-0.2, 0) is 17.3 Å². The van der Waals surface area contributed by atoms with E-state index in [2.05, 4.69) is 49.5 Å². The second kappa shape index (κ2) is 11.8. The van der Waals surface area contributed by atoms with E-state index in [1.54, 1.807) is 4.90 Å². The van der Waals surface area contributed by atoms with Crippen molar-refractivity contribution in [3.05, 3.63) is 35.5 Å². The number of fused-ring (bicyclic) bond motifs is 1. The molecule has 3 saturated heterocycles. The fourth-order valence-electron chi connectivity index (χ4n) is 5.60. The maximum absolute atomic E-state index is 13.7. The zero-order valence-electron chi connectivity index (χ0n) is 22.3. The standard InChI is InChI=1S/C27H36F3N7O2/c1-2-19-16-20(37-14-13-35-10-3-6-21(35)18-37)7-8-23(19)33-25-32-17-22(27(28,29)30)24(34-25)31-9-4-11-36-12-5-15-39-26(36)38/h7-8,16-17,21H,2-6,9-15,18H2,1H3,(H2,31,32,33,34)/t21-/m1/s1. The number of anilines is 4. The minimum atomic E-state index is -4.60. The van der Waals surface area contributed by atoms with E-state index >= 15 is 0 Å². The number of nitrogens with zero attached hydrogens (tertiary/aromatic N) is 5. The molecule has 3 fully saturated rings. The topological polar surface area (TPSA) is 85.9 Å². The fourth-order valence-corrected chi connectivity index (χ4v) is 5.60. The Hall–Kier alpha value is -3.28. The van der Waals surface area contributed by atoms with Crippen LogP contribution in [0.1, 0.15) is 43.7 Å². The molecule has 0 bridgehead atoms. The lowest BCUT2D eigenvalue weighted by Crippen LogP contribution is -2.50. The molecule has 1 aromatic carbocycles. The summed E-state index contributed by atoms with van der Waals surface area (Å²) in [6, 6.07) is 6.78. The molecule has 0 aliphatic carbocycles. The molecule has 2 aromatic rings. The lowest BCUT2D eigenvalue weighted by Gasteiger charge is -2.39. The predicted molar refractivity (Wildman–Crippen MR) is 144 cm³/mol. The van der Waals surface area contributed by atoms with Crippen molar-refractivity contribution in [2.24, 2.45) is 0 Å². The highest BCUT2D eigenvalue weighted by atomic mass is 19.4. The monoisotopic (exact) mass is 547 g/mol. The van der Waals surface area contributed by atoms with Crippen molar-refractivity contribution in [3.8, 4) is 0 Å². The summed E-state index contributed by atoms with van der Waals surface area (Å²) < 4.78 is 46.0. The van der Waals surface area contributed by atoms with Gasteiger partial charge in [0, 0.05) is 62.9 Å². The molecular formula is C27H36F3N7O2. The minimum absolute atomic E-state index is 0.0899. The number of piperazine rings is 1. The average molecular weight is 548 g/mol. The van der Waals surface area contributed by atoms with Crippen molar-refractivity contribution >= 4 is 29.2 Å². The number of amides is 1. The summed E-state index contributed by atoms with van der Waals surface area (Å²) in [5.74, 6) is -0.197. The van der Waals surface area contributed by atoms with Gasteiger partial charge < -0.3 is 25.2 Å². The number of cyclic esters (lactones) is 1. The summed E-state index contributed by atoms with van der Waals surface area (Å²) in [5.41, 5.74) is 2.06. The number of benzene rings is 1. The quantitative estimate of drug-likeness (QED) is 0.436. The smallest absolute Gasteiger partial charge is 0.421 e. The molecule has 0 radical (unpaired) electrons. The molecule has 9 nitrogen and oxygen atoms in total. The van der Waals surface area contributed by atoms with Crippen LogP contribution in [0.3, 0.4) is 0 Å². The molecule has 3 aliphatic heterocycles. The third-order valence-electron chi connectivity index (χ3n) is 7.72. The molecular weight excluding hydrogens is 511 g/mol. The van der Waals surface area contributed by atoms with Gasteiger partial charge in [0.1, 0.15) is 11.4 Å². The van der Waals surface area contributed by atoms with E-state index in [0.717, 1.165) is 55.6 Å². The molecule has 39 heavy (non-hydrogen) atoms. The summed E-state index contributed by atoms with van der Waals surface area (Å²) in [6.07, 6.45) is 0.278. The molecule has 5 rings (SSSR count). The molecule has 1 atom stereocenters. The summed E-state index contributed by atoms with van der Waals surface area (Å²) in [5, 5.41) is 5.93. The molecule has 212 valence electrons. The van der Waals surface area contributed by atoms with Gasteiger partial charge in [-0.05, 0) is 62.4 Å². The van der Waals surface area contributed by atoms with Crippen molar-refractivity contribution in [3.63, 3.8) is 0 Å². The first-order valence-electron chi connectivity index (χ1n) is 13.8. The minimum Gasteiger partial charge on any atom is -0.449 e. The SMILES string of the molecule is CCc1cc(N2CCN3CCC[C@@H]3C2)ccc1Nc1ncc(C(F)(F)F)c(NCCCN2CCCOC2=O)n1. The van der Waals surface area contributed by atoms with E-state index in [1.807, 2.05) is 6.07 Å². The van der Waals surface area contributed by atoms with Gasteiger partial charge in [0.25, 0.3) is 0 Å². The van der Waals surface area contributed by atoms with Crippen LogP contribution in [0.5, 0.6) is 0 Å². The highest BCUT2D eigenvalue weighted by Crippen LogP contribution is 2.35. The summed E-state index contributed by atoms with van der Waals surface area (Å²) in [6.45, 7) is 7.93. The van der Waals surface area contributed by atoms with Crippen LogP contribution in [0.15, 0.2) is 24.4 Å². The van der Waals surface area contributed by atoms with Crippen LogP contribution in [-0.4, -0.2) is 84.3 Å². The number of ether oxygens (including phenoxy) is 1. The van der Waals surface area contributed by atoms with Crippen molar-refractivity contribution in [1.29, 1.82) is 0 Å². The van der Waals surface area contributed by atoms with Gasteiger partial charge in [-0.1, -0.05) is 6.92 Å². The molecule has 3 aliphatic rings. The molecule has 1 amide bonds. The highest BCUT2D eigenvalue weighted by molar-refractivity contribution is 5.68. The Morgan fingerprint density at radius 1 is 1.15 bits per heavy atom. The van der Waals surface area contributed by atoms with E-state index in [-0.39, 0.29) is 24.4 Å². The normalized spacial score (nSPS) is 20.1. The number of nitrogens with one attached hydrogen (secondary N) is 2. The molecule has 0 unspecified atom stereocenters. The third-order valence-corrected chi connectivity index (χ3v) is 7.72. The Bertz CT molecular complexity index is 1160. The largest absolute Gasteiger partial charge is 0.449 e. The number of alkyl halides is 3. The van der Waals surface area contributed by atoms with Gasteiger partial charge in [0.15, 0.2) is 0 Å². The second-order valence-corrected chi connectivity index (χ2v) is 10.3. The molecule has 1 aromatic heterocycles. The average Bonchev–Trinajstić information content (AvgIpc) is 3.40. The van der Waals surface area contributed by atoms with Crippen LogP contribution in [0.25, 0.3) is 0 Å². The first kappa shape index (κ1) is 27.3. The van der Waals surface area contributed by atoms with E-state index in [0.29, 0.717) is 32.2 Å². The maximum atomic E-state index is 13.7. The number of hydrogen-bond donors (Lipinski definition) is 2. The van der Waals surface area contributed by atoms with E-state index < -0.39 is 11.7 Å². The lowest BCUT2D eigenvalue weighted by molar-refractivity contribution is -0.137. The third kappa shape index (κ3) is 6.48. The summed E-state index contributed by atoms with van der Waals surface area (Å²) in [4.78, 5) is 26.5. The van der Waals surface area contributed by atoms with Gasteiger partial charge in [0.2, 0.25) is 5.95 Å². The van der Waals surface area contributed by atoms with Crippen LogP contribution < -0.4 is 15.5 Å². The molecule has 4 heterocycles. The number of rotatable bonds is 9. The van der Waals surface area contributed by atoms with E-state index in [1.165, 1.54) is 19.4 Å². The zero-order valence-corrected chi connectivity index (χ0v) is 22.3. The predicted octanol–water partition coefficient (Wildman–Crippen LogP) is 4.73. The van der Waals surface area contributed by atoms with Crippen molar-refractivity contribution < 1.29 is 22.7 Å². The summed E-state index contributed by atoms with van der Waals surface area (Å²) in [7, 11) is 0. The van der Waals surface area contributed by atoms with Gasteiger partial charge in [0.05, 0.1) is 6.61 Å². The van der Waals surface area contributed by atoms with Gasteiger partial charge in [-0.25, -0.2) is 9.78 Å². The molecule has 12 heteroatoms. The van der Waals surface area contributed by atoms with Crippen LogP contribution in [0.2, 0.25) is 0 Å². The maximum Gasteiger partial charge on any atom is 0.421 e.